The van der Waals surface area contributed by atoms with Crippen molar-refractivity contribution >= 4 is 11.9 Å². The molecule has 0 aromatic heterocycles. The largest absolute Gasteiger partial charge is 0.454 e. The predicted octanol–water partition coefficient (Wildman–Crippen LogP) is 13.2. The molecule has 0 spiro atoms. The van der Waals surface area contributed by atoms with Crippen LogP contribution in [-0.4, -0.2) is 99.6 Å². The number of esters is 1. The van der Waals surface area contributed by atoms with E-state index in [1.807, 2.05) is 18.2 Å². The van der Waals surface area contributed by atoms with Crippen LogP contribution in [0.1, 0.15) is 239 Å². The molecule has 1 aliphatic heterocycles. The molecule has 0 aliphatic carbocycles. The van der Waals surface area contributed by atoms with Crippen molar-refractivity contribution in [1.82, 2.24) is 5.32 Å². The summed E-state index contributed by atoms with van der Waals surface area (Å²) in [5.74, 6) is -1.26. The lowest BCUT2D eigenvalue weighted by molar-refractivity contribution is -0.305. The molecule has 0 aromatic rings. The van der Waals surface area contributed by atoms with Crippen molar-refractivity contribution in [3.05, 3.63) is 72.9 Å². The molecule has 0 saturated carbocycles. The van der Waals surface area contributed by atoms with Gasteiger partial charge < -0.3 is 45.1 Å². The number of carbonyl (C=O) groups is 2. The van der Waals surface area contributed by atoms with Gasteiger partial charge in [0, 0.05) is 6.42 Å². The summed E-state index contributed by atoms with van der Waals surface area (Å²) in [6.07, 6.45) is 50.9. The summed E-state index contributed by atoms with van der Waals surface area (Å²) in [6.45, 7) is 5.64. The van der Waals surface area contributed by atoms with Gasteiger partial charge in [-0.2, -0.15) is 0 Å². The van der Waals surface area contributed by atoms with Crippen LogP contribution < -0.4 is 5.32 Å². The lowest BCUT2D eigenvalue weighted by Gasteiger charge is -2.41. The topological polar surface area (TPSA) is 175 Å². The van der Waals surface area contributed by atoms with E-state index in [9.17, 15) is 35.1 Å². The van der Waals surface area contributed by atoms with Crippen molar-refractivity contribution < 1.29 is 49.3 Å². The summed E-state index contributed by atoms with van der Waals surface area (Å²) in [4.78, 5) is 26.4. The third kappa shape index (κ3) is 36.9. The molecule has 0 radical (unpaired) electrons. The highest BCUT2D eigenvalue weighted by Crippen LogP contribution is 2.26. The van der Waals surface area contributed by atoms with Gasteiger partial charge in [-0.25, -0.2) is 0 Å². The van der Waals surface area contributed by atoms with Gasteiger partial charge in [-0.05, 0) is 64.2 Å². The van der Waals surface area contributed by atoms with Gasteiger partial charge in [0.25, 0.3) is 0 Å². The number of nitrogens with one attached hydrogen (secondary N) is 1. The number of aliphatic hydroxyl groups excluding tert-OH is 5. The SMILES string of the molecule is CC/C=C\C/C=C\C/C=C\C/C=C\C/C=C\CCCC(=O)OC1C(OCC(NC(=O)C(O)CCCCCCCCCCCCCCC)C(O)/C=C/CCCCCCCCCCCCC)OC(CO)C(O)C1O. The molecule has 1 saturated heterocycles. The first-order valence-electron chi connectivity index (χ1n) is 29.2. The third-order valence-electron chi connectivity index (χ3n) is 13.4. The summed E-state index contributed by atoms with van der Waals surface area (Å²) in [5, 5.41) is 56.8. The van der Waals surface area contributed by atoms with Crippen LogP contribution in [0.5, 0.6) is 0 Å². The zero-order chi connectivity index (χ0) is 52.5. The van der Waals surface area contributed by atoms with Gasteiger partial charge in [-0.1, -0.05) is 241 Å². The number of unbranched alkanes of at least 4 members (excludes halogenated alkanes) is 24. The Morgan fingerprint density at radius 1 is 0.556 bits per heavy atom. The zero-order valence-corrected chi connectivity index (χ0v) is 45.8. The fourth-order valence-electron chi connectivity index (χ4n) is 8.75. The molecule has 1 aliphatic rings. The van der Waals surface area contributed by atoms with Gasteiger partial charge in [-0.3, -0.25) is 9.59 Å². The van der Waals surface area contributed by atoms with Crippen molar-refractivity contribution in [2.75, 3.05) is 13.2 Å². The molecule has 6 N–H and O–H groups in total. The Morgan fingerprint density at radius 3 is 1.49 bits per heavy atom. The second-order valence-electron chi connectivity index (χ2n) is 20.0. The molecule has 11 nitrogen and oxygen atoms in total. The van der Waals surface area contributed by atoms with Crippen molar-refractivity contribution in [2.45, 2.75) is 288 Å². The van der Waals surface area contributed by atoms with Crippen LogP contribution >= 0.6 is 0 Å². The first-order valence-corrected chi connectivity index (χ1v) is 29.2. The zero-order valence-electron chi connectivity index (χ0n) is 45.8. The predicted molar refractivity (Wildman–Crippen MR) is 296 cm³/mol. The van der Waals surface area contributed by atoms with E-state index in [0.29, 0.717) is 19.3 Å². The van der Waals surface area contributed by atoms with Crippen LogP contribution in [0.2, 0.25) is 0 Å². The molecule has 1 rings (SSSR count). The van der Waals surface area contributed by atoms with Crippen molar-refractivity contribution in [2.24, 2.45) is 0 Å². The summed E-state index contributed by atoms with van der Waals surface area (Å²) >= 11 is 0. The van der Waals surface area contributed by atoms with Crippen LogP contribution in [0, 0.1) is 0 Å². The summed E-state index contributed by atoms with van der Waals surface area (Å²) in [5.41, 5.74) is 0. The van der Waals surface area contributed by atoms with Gasteiger partial charge in [0.15, 0.2) is 12.4 Å². The summed E-state index contributed by atoms with van der Waals surface area (Å²) in [6, 6.07) is -1.03. The quantitative estimate of drug-likeness (QED) is 0.0195. The van der Waals surface area contributed by atoms with E-state index in [-0.39, 0.29) is 19.4 Å². The number of hydrogen-bond acceptors (Lipinski definition) is 10. The molecule has 11 heteroatoms. The molecular formula is C61H107NO10. The molecule has 0 bridgehead atoms. The van der Waals surface area contributed by atoms with E-state index in [2.05, 4.69) is 74.7 Å². The maximum Gasteiger partial charge on any atom is 0.306 e. The van der Waals surface area contributed by atoms with Crippen molar-refractivity contribution in [3.8, 4) is 0 Å². The third-order valence-corrected chi connectivity index (χ3v) is 13.4. The van der Waals surface area contributed by atoms with E-state index in [0.717, 1.165) is 70.6 Å². The first-order chi connectivity index (χ1) is 35.2. The Labute approximate surface area is 439 Å². The maximum atomic E-state index is 13.4. The number of amides is 1. The minimum absolute atomic E-state index is 0.0439. The normalized spacial score (nSPS) is 20.0. The van der Waals surface area contributed by atoms with E-state index in [1.54, 1.807) is 6.08 Å². The van der Waals surface area contributed by atoms with Crippen LogP contribution in [0.3, 0.4) is 0 Å². The minimum Gasteiger partial charge on any atom is -0.454 e. The minimum atomic E-state index is -1.64. The Balaban J connectivity index is 2.77. The number of hydrogen-bond donors (Lipinski definition) is 6. The number of carbonyl (C=O) groups excluding carboxylic acids is 2. The summed E-state index contributed by atoms with van der Waals surface area (Å²) < 4.78 is 17.5. The van der Waals surface area contributed by atoms with E-state index in [4.69, 9.17) is 14.2 Å². The number of aliphatic hydroxyl groups is 5. The second-order valence-corrected chi connectivity index (χ2v) is 20.0. The van der Waals surface area contributed by atoms with Gasteiger partial charge in [0.2, 0.25) is 5.91 Å². The molecule has 0 aromatic carbocycles. The Morgan fingerprint density at radius 2 is 1.00 bits per heavy atom. The number of ether oxygens (including phenoxy) is 3. The molecule has 1 fully saturated rings. The van der Waals surface area contributed by atoms with Gasteiger partial charge in [-0.15, -0.1) is 0 Å². The van der Waals surface area contributed by atoms with Crippen LogP contribution in [0.15, 0.2) is 72.9 Å². The standard InChI is InChI=1S/C61H107NO10/c1-4-7-10-13-16-19-22-25-26-27-28-31-34-37-40-43-46-49-56(66)72-59-58(68)57(67)55(50-63)71-61(59)70-51-52(53(64)47-44-41-38-35-32-29-23-20-17-14-11-8-5-2)62-60(69)54(65)48-45-42-39-36-33-30-24-21-18-15-12-9-6-3/h7,10,16,19,25-26,28,31,37,40,44,47,52-55,57-59,61,63-65,67-68H,4-6,8-9,11-15,17-18,20-24,27,29-30,32-36,38-39,41-43,45-46,48-51H2,1-3H3,(H,62,69)/b10-7-,19-16-,26-25-,31-28-,40-37-,47-44+. The van der Waals surface area contributed by atoms with E-state index < -0.39 is 67.4 Å². The van der Waals surface area contributed by atoms with Gasteiger partial charge >= 0.3 is 5.97 Å². The van der Waals surface area contributed by atoms with Crippen LogP contribution in [0.4, 0.5) is 0 Å². The average Bonchev–Trinajstić information content (AvgIpc) is 3.38. The Hall–Kier alpha value is -2.90. The van der Waals surface area contributed by atoms with Gasteiger partial charge in [0.05, 0.1) is 25.4 Å². The molecular weight excluding hydrogens is 907 g/mol. The smallest absolute Gasteiger partial charge is 0.306 e. The van der Waals surface area contributed by atoms with E-state index in [1.165, 1.54) is 116 Å². The molecule has 1 heterocycles. The fourth-order valence-corrected chi connectivity index (χ4v) is 8.75. The molecule has 72 heavy (non-hydrogen) atoms. The monoisotopic (exact) mass is 1010 g/mol. The first kappa shape index (κ1) is 67.1. The molecule has 416 valence electrons. The average molecular weight is 1010 g/mol. The molecule has 8 unspecified atom stereocenters. The fraction of sp³-hybridized carbons (Fsp3) is 0.770. The summed E-state index contributed by atoms with van der Waals surface area (Å²) in [7, 11) is 0. The Kier molecular flexibility index (Phi) is 45.7. The lowest BCUT2D eigenvalue weighted by atomic mass is 9.99. The molecule has 1 amide bonds. The Bertz CT molecular complexity index is 1440. The number of allylic oxidation sites excluding steroid dienone is 11. The van der Waals surface area contributed by atoms with Crippen LogP contribution in [-0.2, 0) is 23.8 Å². The highest BCUT2D eigenvalue weighted by molar-refractivity contribution is 5.80. The highest BCUT2D eigenvalue weighted by atomic mass is 16.7. The number of rotatable bonds is 48. The second kappa shape index (κ2) is 49.0. The van der Waals surface area contributed by atoms with Crippen molar-refractivity contribution in [3.63, 3.8) is 0 Å². The maximum absolute atomic E-state index is 13.4. The molecule has 8 atom stereocenters. The highest BCUT2D eigenvalue weighted by Gasteiger charge is 2.47. The van der Waals surface area contributed by atoms with E-state index >= 15 is 0 Å². The van der Waals surface area contributed by atoms with Crippen LogP contribution in [0.25, 0.3) is 0 Å². The van der Waals surface area contributed by atoms with Gasteiger partial charge in [0.1, 0.15) is 24.4 Å². The van der Waals surface area contributed by atoms with Crippen molar-refractivity contribution in [1.29, 1.82) is 0 Å². The lowest BCUT2D eigenvalue weighted by Crippen LogP contribution is -2.61.